The number of carbonyl (C=O) groups is 2. The Bertz CT molecular complexity index is 1090. The monoisotopic (exact) mass is 388 g/mol. The highest BCUT2D eigenvalue weighted by Crippen LogP contribution is 2.57. The minimum absolute atomic E-state index is 0.136. The first-order chi connectivity index (χ1) is 14.2. The number of nitrogens with zero attached hydrogens (tertiary/aromatic N) is 1. The Morgan fingerprint density at radius 1 is 1.17 bits per heavy atom. The Morgan fingerprint density at radius 2 is 1.93 bits per heavy atom. The molecule has 5 nitrogen and oxygen atoms in total. The van der Waals surface area contributed by atoms with Crippen LogP contribution in [-0.4, -0.2) is 28.3 Å². The zero-order valence-electron chi connectivity index (χ0n) is 16.5. The number of Topliss-reactive ketones (excluding diaryl/α,β-unsaturated/α-hetero) is 1. The van der Waals surface area contributed by atoms with Crippen LogP contribution in [0.15, 0.2) is 54.6 Å². The molecule has 2 atom stereocenters. The summed E-state index contributed by atoms with van der Waals surface area (Å²) in [5.41, 5.74) is 2.97. The van der Waals surface area contributed by atoms with Gasteiger partial charge in [-0.05, 0) is 30.9 Å². The van der Waals surface area contributed by atoms with E-state index in [0.29, 0.717) is 18.7 Å². The van der Waals surface area contributed by atoms with Gasteiger partial charge in [0.2, 0.25) is 0 Å². The maximum Gasteiger partial charge on any atom is 0.410 e. The summed E-state index contributed by atoms with van der Waals surface area (Å²) < 4.78 is 5.67. The maximum absolute atomic E-state index is 13.5. The van der Waals surface area contributed by atoms with Gasteiger partial charge in [0.25, 0.3) is 0 Å². The summed E-state index contributed by atoms with van der Waals surface area (Å²) in [7, 11) is 0. The summed E-state index contributed by atoms with van der Waals surface area (Å²) in [5.74, 6) is 0.136. The van der Waals surface area contributed by atoms with E-state index in [2.05, 4.69) is 11.9 Å². The van der Waals surface area contributed by atoms with Gasteiger partial charge in [-0.2, -0.15) is 0 Å². The third kappa shape index (κ3) is 2.60. The van der Waals surface area contributed by atoms with Crippen LogP contribution >= 0.6 is 0 Å². The van der Waals surface area contributed by atoms with Gasteiger partial charge in [0.1, 0.15) is 6.61 Å². The summed E-state index contributed by atoms with van der Waals surface area (Å²) in [6.07, 6.45) is 1.96. The topological polar surface area (TPSA) is 62.4 Å². The highest BCUT2D eigenvalue weighted by Gasteiger charge is 2.58. The lowest BCUT2D eigenvalue weighted by Gasteiger charge is -2.44. The fourth-order valence-corrected chi connectivity index (χ4v) is 5.20. The van der Waals surface area contributed by atoms with Crippen molar-refractivity contribution in [3.8, 4) is 0 Å². The number of aromatic amines is 1. The fraction of sp³-hybridized carbons (Fsp3) is 0.333. The molecule has 1 saturated heterocycles. The number of fused-ring (bicyclic) bond motifs is 5. The van der Waals surface area contributed by atoms with Gasteiger partial charge in [0, 0.05) is 23.0 Å². The predicted octanol–water partition coefficient (Wildman–Crippen LogP) is 5.23. The molecule has 1 amide bonds. The molecular weight excluding hydrogens is 364 g/mol. The quantitative estimate of drug-likeness (QED) is 0.668. The maximum atomic E-state index is 13.5. The van der Waals surface area contributed by atoms with Crippen LogP contribution in [0.5, 0.6) is 0 Å². The second kappa shape index (κ2) is 6.76. The van der Waals surface area contributed by atoms with Gasteiger partial charge in [-0.15, -0.1) is 0 Å². The second-order valence-electron chi connectivity index (χ2n) is 8.04. The molecule has 0 bridgehead atoms. The summed E-state index contributed by atoms with van der Waals surface area (Å²) >= 11 is 0. The molecule has 2 aliphatic rings. The highest BCUT2D eigenvalue weighted by molar-refractivity contribution is 6.10. The van der Waals surface area contributed by atoms with E-state index in [-0.39, 0.29) is 24.5 Å². The molecule has 3 aromatic rings. The Morgan fingerprint density at radius 3 is 2.72 bits per heavy atom. The van der Waals surface area contributed by atoms with E-state index in [0.717, 1.165) is 34.9 Å². The van der Waals surface area contributed by atoms with E-state index in [4.69, 9.17) is 4.74 Å². The molecule has 2 aromatic carbocycles. The standard InChI is InChI=1S/C24H24N2O3/c1-2-24-13-8-14-26(23(28)29-15-16-9-4-3-5-10-16)21(24)19-17-11-6-7-12-18(17)25-20(19)22(24)27/h3-7,9-12,21,25H,2,8,13-15H2,1H3/t21-,24-/m0/s1. The highest BCUT2D eigenvalue weighted by atomic mass is 16.6. The van der Waals surface area contributed by atoms with Crippen LogP contribution in [0.25, 0.3) is 10.9 Å². The molecule has 1 N–H and O–H groups in total. The zero-order valence-corrected chi connectivity index (χ0v) is 16.5. The van der Waals surface area contributed by atoms with Crippen molar-refractivity contribution in [3.05, 3.63) is 71.4 Å². The van der Waals surface area contributed by atoms with Crippen molar-refractivity contribution in [2.75, 3.05) is 6.54 Å². The van der Waals surface area contributed by atoms with Crippen LogP contribution in [0.1, 0.15) is 53.8 Å². The van der Waals surface area contributed by atoms with Crippen LogP contribution < -0.4 is 0 Å². The molecule has 1 aliphatic carbocycles. The van der Waals surface area contributed by atoms with E-state index in [1.54, 1.807) is 4.90 Å². The number of piperidine rings is 1. The van der Waals surface area contributed by atoms with Gasteiger partial charge >= 0.3 is 6.09 Å². The number of hydrogen-bond acceptors (Lipinski definition) is 3. The number of benzene rings is 2. The van der Waals surface area contributed by atoms with Crippen molar-refractivity contribution in [2.45, 2.75) is 38.8 Å². The van der Waals surface area contributed by atoms with Crippen LogP contribution in [-0.2, 0) is 11.3 Å². The summed E-state index contributed by atoms with van der Waals surface area (Å²) in [5, 5.41) is 1.03. The van der Waals surface area contributed by atoms with Crippen LogP contribution in [0, 0.1) is 5.41 Å². The first-order valence-electron chi connectivity index (χ1n) is 10.3. The van der Waals surface area contributed by atoms with Crippen LogP contribution in [0.4, 0.5) is 4.79 Å². The number of aromatic nitrogens is 1. The number of nitrogens with one attached hydrogen (secondary N) is 1. The Kier molecular flexibility index (Phi) is 4.19. The zero-order chi connectivity index (χ0) is 20.0. The van der Waals surface area contributed by atoms with Crippen LogP contribution in [0.2, 0.25) is 0 Å². The third-order valence-electron chi connectivity index (χ3n) is 6.63. The molecular formula is C24H24N2O3. The predicted molar refractivity (Wildman–Crippen MR) is 111 cm³/mol. The van der Waals surface area contributed by atoms with Crippen molar-refractivity contribution in [1.82, 2.24) is 9.88 Å². The lowest BCUT2D eigenvalue weighted by atomic mass is 9.71. The van der Waals surface area contributed by atoms with Crippen molar-refractivity contribution in [2.24, 2.45) is 5.41 Å². The van der Waals surface area contributed by atoms with Gasteiger partial charge < -0.3 is 14.6 Å². The summed E-state index contributed by atoms with van der Waals surface area (Å²) in [6.45, 7) is 2.89. The molecule has 1 fully saturated rings. The SMILES string of the molecule is CC[C@]12CCCN(C(=O)OCc3ccccc3)[C@H]1c1c([nH]c3ccccc13)C2=O. The molecule has 29 heavy (non-hydrogen) atoms. The Balaban J connectivity index is 1.53. The number of rotatable bonds is 3. The van der Waals surface area contributed by atoms with Gasteiger partial charge in [0.05, 0.1) is 17.2 Å². The molecule has 1 aliphatic heterocycles. The number of carbonyl (C=O) groups excluding carboxylic acids is 2. The number of H-pyrrole nitrogens is 1. The summed E-state index contributed by atoms with van der Waals surface area (Å²) in [6, 6.07) is 17.4. The van der Waals surface area contributed by atoms with Crippen molar-refractivity contribution < 1.29 is 14.3 Å². The lowest BCUT2D eigenvalue weighted by molar-refractivity contribution is 0.0135. The van der Waals surface area contributed by atoms with E-state index in [1.807, 2.05) is 54.6 Å². The molecule has 0 radical (unpaired) electrons. The molecule has 2 heterocycles. The average Bonchev–Trinajstić information content (AvgIpc) is 3.26. The minimum Gasteiger partial charge on any atom is -0.445 e. The molecule has 1 aromatic heterocycles. The number of hydrogen-bond donors (Lipinski definition) is 1. The average molecular weight is 388 g/mol. The smallest absolute Gasteiger partial charge is 0.410 e. The second-order valence-corrected chi connectivity index (χ2v) is 8.04. The van der Waals surface area contributed by atoms with Gasteiger partial charge in [0.15, 0.2) is 5.78 Å². The van der Waals surface area contributed by atoms with Crippen molar-refractivity contribution in [1.29, 1.82) is 0 Å². The lowest BCUT2D eigenvalue weighted by Crippen LogP contribution is -2.48. The molecule has 5 heteroatoms. The molecule has 0 spiro atoms. The number of para-hydroxylation sites is 1. The van der Waals surface area contributed by atoms with Gasteiger partial charge in [-0.3, -0.25) is 4.79 Å². The third-order valence-corrected chi connectivity index (χ3v) is 6.63. The largest absolute Gasteiger partial charge is 0.445 e. The Hall–Kier alpha value is -3.08. The van der Waals surface area contributed by atoms with E-state index in [1.165, 1.54) is 0 Å². The van der Waals surface area contributed by atoms with Crippen molar-refractivity contribution in [3.63, 3.8) is 0 Å². The number of likely N-dealkylation sites (tertiary alicyclic amines) is 1. The van der Waals surface area contributed by atoms with E-state index < -0.39 is 5.41 Å². The first-order valence-corrected chi connectivity index (χ1v) is 10.3. The molecule has 0 saturated carbocycles. The van der Waals surface area contributed by atoms with E-state index >= 15 is 0 Å². The fourth-order valence-electron chi connectivity index (χ4n) is 5.20. The number of ether oxygens (including phenoxy) is 1. The van der Waals surface area contributed by atoms with E-state index in [9.17, 15) is 9.59 Å². The van der Waals surface area contributed by atoms with Gasteiger partial charge in [-0.1, -0.05) is 55.5 Å². The Labute approximate surface area is 169 Å². The summed E-state index contributed by atoms with van der Waals surface area (Å²) in [4.78, 5) is 31.7. The molecule has 148 valence electrons. The normalized spacial score (nSPS) is 23.1. The number of ketones is 1. The number of amides is 1. The minimum atomic E-state index is -0.560. The van der Waals surface area contributed by atoms with Crippen molar-refractivity contribution >= 4 is 22.8 Å². The van der Waals surface area contributed by atoms with Gasteiger partial charge in [-0.25, -0.2) is 4.79 Å². The first kappa shape index (κ1) is 18.0. The van der Waals surface area contributed by atoms with Crippen LogP contribution in [0.3, 0.4) is 0 Å². The molecule has 5 rings (SSSR count). The molecule has 0 unspecified atom stereocenters.